The predicted molar refractivity (Wildman–Crippen MR) is 220 cm³/mol. The van der Waals surface area contributed by atoms with Gasteiger partial charge in [0.1, 0.15) is 11.5 Å². The van der Waals surface area contributed by atoms with Crippen molar-refractivity contribution in [3.05, 3.63) is 168 Å². The van der Waals surface area contributed by atoms with Crippen LogP contribution in [0.1, 0.15) is 76.6 Å². The van der Waals surface area contributed by atoms with E-state index in [-0.39, 0.29) is 10.8 Å². The largest absolute Gasteiger partial charge is 0.455 e. The third kappa shape index (κ3) is 6.72. The second-order valence-electron chi connectivity index (χ2n) is 15.0. The number of hydrogen-bond acceptors (Lipinski definition) is 1. The van der Waals surface area contributed by atoms with Crippen molar-refractivity contribution in [3.8, 4) is 11.5 Å². The highest BCUT2D eigenvalue weighted by Crippen LogP contribution is 2.53. The number of rotatable bonds is 9. The monoisotopic (exact) mass is 690 g/mol. The SMILES string of the molecule is CCCCc1cc(P(c2ccccc2)c2ccccc2)c2c(c1)C(C)(C)c1cc(C(C)(C)C)cc(P(c3ccccc3)c3ccccc3)c1O2. The molecule has 0 atom stereocenters. The number of hydrogen-bond donors (Lipinski definition) is 0. The Bertz CT molecular complexity index is 1980. The molecule has 0 bridgehead atoms. The van der Waals surface area contributed by atoms with Crippen LogP contribution >= 0.6 is 15.8 Å². The van der Waals surface area contributed by atoms with E-state index in [1.807, 2.05) is 0 Å². The molecule has 0 saturated heterocycles. The van der Waals surface area contributed by atoms with Crippen molar-refractivity contribution >= 4 is 47.7 Å². The normalized spacial score (nSPS) is 13.5. The van der Waals surface area contributed by atoms with Gasteiger partial charge in [-0.3, -0.25) is 0 Å². The Labute approximate surface area is 302 Å². The lowest BCUT2D eigenvalue weighted by molar-refractivity contribution is 0.423. The Morgan fingerprint density at radius 1 is 0.540 bits per heavy atom. The third-order valence-electron chi connectivity index (χ3n) is 9.97. The van der Waals surface area contributed by atoms with Gasteiger partial charge in [0, 0.05) is 27.2 Å². The first-order valence-electron chi connectivity index (χ1n) is 18.0. The fourth-order valence-corrected chi connectivity index (χ4v) is 12.0. The van der Waals surface area contributed by atoms with Crippen molar-refractivity contribution in [1.82, 2.24) is 0 Å². The van der Waals surface area contributed by atoms with E-state index < -0.39 is 15.8 Å². The molecule has 0 aromatic heterocycles. The fraction of sp³-hybridized carbons (Fsp3) is 0.234. The Morgan fingerprint density at radius 2 is 0.940 bits per heavy atom. The van der Waals surface area contributed by atoms with Crippen molar-refractivity contribution in [2.45, 2.75) is 71.6 Å². The highest BCUT2D eigenvalue weighted by atomic mass is 31.1. The second-order valence-corrected chi connectivity index (χ2v) is 19.3. The van der Waals surface area contributed by atoms with Gasteiger partial charge < -0.3 is 4.74 Å². The molecule has 0 N–H and O–H groups in total. The van der Waals surface area contributed by atoms with Crippen molar-refractivity contribution in [2.24, 2.45) is 0 Å². The molecule has 1 aliphatic heterocycles. The van der Waals surface area contributed by atoms with Gasteiger partial charge in [0.2, 0.25) is 0 Å². The predicted octanol–water partition coefficient (Wildman–Crippen LogP) is 10.3. The van der Waals surface area contributed by atoms with Crippen LogP contribution in [0.25, 0.3) is 0 Å². The van der Waals surface area contributed by atoms with Gasteiger partial charge in [-0.15, -0.1) is 0 Å². The van der Waals surface area contributed by atoms with Gasteiger partial charge in [-0.2, -0.15) is 0 Å². The zero-order chi connectivity index (χ0) is 34.9. The van der Waals surface area contributed by atoms with E-state index in [9.17, 15) is 0 Å². The average molecular weight is 691 g/mol. The first kappa shape index (κ1) is 34.4. The number of fused-ring (bicyclic) bond motifs is 2. The van der Waals surface area contributed by atoms with Crippen LogP contribution in [0.4, 0.5) is 0 Å². The van der Waals surface area contributed by atoms with E-state index in [1.165, 1.54) is 66.9 Å². The van der Waals surface area contributed by atoms with E-state index >= 15 is 0 Å². The molecular formula is C47H48OP2. The maximum Gasteiger partial charge on any atom is 0.139 e. The molecule has 3 heteroatoms. The number of aryl methyl sites for hydroxylation is 1. The number of benzene rings is 6. The summed E-state index contributed by atoms with van der Waals surface area (Å²) < 4.78 is 7.58. The molecule has 0 saturated carbocycles. The summed E-state index contributed by atoms with van der Waals surface area (Å²) in [6.07, 6.45) is 3.40. The fourth-order valence-electron chi connectivity index (χ4n) is 7.13. The van der Waals surface area contributed by atoms with Crippen LogP contribution in [-0.2, 0) is 17.3 Å². The zero-order valence-corrected chi connectivity index (χ0v) is 32.1. The molecule has 1 nitrogen and oxygen atoms in total. The molecule has 252 valence electrons. The standard InChI is InChI=1S/C47H48OP2/c1-7-8-21-34-30-40-44(42(31-34)49(36-22-13-9-14-23-36)37-24-15-10-16-25-37)48-45-41(47(40,5)6)32-35(46(2,3)4)33-43(45)50(38-26-17-11-18-27-38)39-28-19-12-20-29-39/h9-20,22-33H,7-8,21H2,1-6H3. The first-order chi connectivity index (χ1) is 24.2. The van der Waals surface area contributed by atoms with Crippen LogP contribution in [0.5, 0.6) is 11.5 Å². The van der Waals surface area contributed by atoms with Crippen LogP contribution in [0, 0.1) is 0 Å². The van der Waals surface area contributed by atoms with E-state index in [4.69, 9.17) is 4.74 Å². The van der Waals surface area contributed by atoms with Gasteiger partial charge in [-0.1, -0.05) is 181 Å². The molecule has 6 aromatic carbocycles. The van der Waals surface area contributed by atoms with Gasteiger partial charge in [-0.05, 0) is 78.6 Å². The summed E-state index contributed by atoms with van der Waals surface area (Å²) in [6.45, 7) is 14.2. The maximum atomic E-state index is 7.58. The van der Waals surface area contributed by atoms with E-state index in [0.29, 0.717) is 0 Å². The summed E-state index contributed by atoms with van der Waals surface area (Å²) in [7, 11) is -1.78. The minimum Gasteiger partial charge on any atom is -0.455 e. The maximum absolute atomic E-state index is 7.58. The van der Waals surface area contributed by atoms with Crippen LogP contribution in [0.15, 0.2) is 146 Å². The summed E-state index contributed by atoms with van der Waals surface area (Å²) in [5.74, 6) is 2.08. The van der Waals surface area contributed by atoms with Crippen molar-refractivity contribution < 1.29 is 4.74 Å². The van der Waals surface area contributed by atoms with Gasteiger partial charge >= 0.3 is 0 Å². The molecule has 0 aliphatic carbocycles. The summed E-state index contributed by atoms with van der Waals surface area (Å²) in [5.41, 5.74) is 5.03. The van der Waals surface area contributed by atoms with Gasteiger partial charge in [-0.25, -0.2) is 0 Å². The molecule has 1 aliphatic rings. The van der Waals surface area contributed by atoms with E-state index in [1.54, 1.807) is 0 Å². The van der Waals surface area contributed by atoms with Gasteiger partial charge in [0.05, 0.1) is 0 Å². The third-order valence-corrected chi connectivity index (χ3v) is 14.9. The van der Waals surface area contributed by atoms with E-state index in [0.717, 1.165) is 17.9 Å². The molecule has 6 aromatic rings. The molecule has 0 radical (unpaired) electrons. The molecule has 0 unspecified atom stereocenters. The minimum atomic E-state index is -0.901. The lowest BCUT2D eigenvalue weighted by Gasteiger charge is -2.40. The lowest BCUT2D eigenvalue weighted by Crippen LogP contribution is -2.34. The molecule has 50 heavy (non-hydrogen) atoms. The highest BCUT2D eigenvalue weighted by molar-refractivity contribution is 7.80. The van der Waals surface area contributed by atoms with Crippen LogP contribution in [0.2, 0.25) is 0 Å². The zero-order valence-electron chi connectivity index (χ0n) is 30.3. The summed E-state index contributed by atoms with van der Waals surface area (Å²) in [4.78, 5) is 0. The number of unbranched alkanes of at least 4 members (excludes halogenated alkanes) is 1. The molecule has 0 fully saturated rings. The Morgan fingerprint density at radius 3 is 1.34 bits per heavy atom. The Hall–Kier alpha value is -4.02. The summed E-state index contributed by atoms with van der Waals surface area (Å²) in [5, 5.41) is 7.96. The average Bonchev–Trinajstić information content (AvgIpc) is 3.13. The lowest BCUT2D eigenvalue weighted by atomic mass is 9.73. The molecule has 7 rings (SSSR count). The number of ether oxygens (including phenoxy) is 1. The first-order valence-corrected chi connectivity index (χ1v) is 20.7. The summed E-state index contributed by atoms with van der Waals surface area (Å²) >= 11 is 0. The second kappa shape index (κ2) is 14.3. The topological polar surface area (TPSA) is 9.23 Å². The van der Waals surface area contributed by atoms with Crippen LogP contribution < -0.4 is 36.6 Å². The molecule has 1 heterocycles. The molecule has 0 amide bonds. The quantitative estimate of drug-likeness (QED) is 0.137. The van der Waals surface area contributed by atoms with Crippen molar-refractivity contribution in [3.63, 3.8) is 0 Å². The Balaban J connectivity index is 1.54. The Kier molecular flexibility index (Phi) is 9.85. The minimum absolute atomic E-state index is 0.0302. The van der Waals surface area contributed by atoms with Gasteiger partial charge in [0.15, 0.2) is 0 Å². The molecular weight excluding hydrogens is 642 g/mol. The smallest absolute Gasteiger partial charge is 0.139 e. The summed E-state index contributed by atoms with van der Waals surface area (Å²) in [6, 6.07) is 54.2. The van der Waals surface area contributed by atoms with Crippen LogP contribution in [0.3, 0.4) is 0 Å². The van der Waals surface area contributed by atoms with Crippen molar-refractivity contribution in [2.75, 3.05) is 0 Å². The highest BCUT2D eigenvalue weighted by Gasteiger charge is 2.41. The van der Waals surface area contributed by atoms with Crippen LogP contribution in [-0.4, -0.2) is 0 Å². The van der Waals surface area contributed by atoms with E-state index in [2.05, 4.69) is 187 Å². The molecule has 0 spiro atoms. The van der Waals surface area contributed by atoms with Crippen molar-refractivity contribution in [1.29, 1.82) is 0 Å². The van der Waals surface area contributed by atoms with Gasteiger partial charge in [0.25, 0.3) is 0 Å².